The number of benzene rings is 2. The first-order valence-electron chi connectivity index (χ1n) is 9.73. The van der Waals surface area contributed by atoms with Gasteiger partial charge in [-0.1, -0.05) is 36.0 Å². The minimum absolute atomic E-state index is 0.0307. The normalized spacial score (nSPS) is 10.7. The molecule has 0 aliphatic rings. The van der Waals surface area contributed by atoms with E-state index in [4.69, 9.17) is 4.74 Å². The van der Waals surface area contributed by atoms with Gasteiger partial charge < -0.3 is 10.1 Å². The highest BCUT2D eigenvalue weighted by molar-refractivity contribution is 14.1. The average molecular weight is 550 g/mol. The van der Waals surface area contributed by atoms with Gasteiger partial charge in [0, 0.05) is 29.0 Å². The molecule has 3 aromatic rings. The first-order chi connectivity index (χ1) is 15.0. The molecule has 0 aliphatic carbocycles. The minimum Gasteiger partial charge on any atom is -0.495 e. The number of nitrogens with zero attached hydrogens (tertiary/aromatic N) is 3. The number of thioether (sulfide) groups is 1. The van der Waals surface area contributed by atoms with Crippen molar-refractivity contribution in [1.82, 2.24) is 20.1 Å². The Bertz CT molecular complexity index is 1050. The first-order valence-corrected chi connectivity index (χ1v) is 11.8. The van der Waals surface area contributed by atoms with E-state index >= 15 is 0 Å². The topological polar surface area (TPSA) is 86.1 Å². The number of halogens is 1. The second-order valence-electron chi connectivity index (χ2n) is 6.71. The molecule has 0 saturated heterocycles. The van der Waals surface area contributed by atoms with E-state index in [-0.39, 0.29) is 17.4 Å². The Morgan fingerprint density at radius 3 is 2.58 bits per heavy atom. The monoisotopic (exact) mass is 550 g/mol. The summed E-state index contributed by atoms with van der Waals surface area (Å²) in [7, 11) is 1.62. The fourth-order valence-corrected chi connectivity index (χ4v) is 4.19. The van der Waals surface area contributed by atoms with Gasteiger partial charge >= 0.3 is 0 Å². The Balaban J connectivity index is 1.82. The van der Waals surface area contributed by atoms with Gasteiger partial charge in [-0.3, -0.25) is 14.2 Å². The number of nitrogens with one attached hydrogen (secondary N) is 1. The molecule has 0 saturated carbocycles. The van der Waals surface area contributed by atoms with Crippen LogP contribution in [0.2, 0.25) is 0 Å². The van der Waals surface area contributed by atoms with Crippen LogP contribution in [0.15, 0.2) is 53.7 Å². The SMILES string of the molecule is COc1ccccc1-n1c(CCCNC(C)=O)nnc1SCC(=O)c1ccc(I)cc1. The lowest BCUT2D eigenvalue weighted by Crippen LogP contribution is -2.21. The van der Waals surface area contributed by atoms with E-state index in [0.717, 1.165) is 21.5 Å². The number of aryl methyl sites for hydroxylation is 1. The molecule has 0 radical (unpaired) electrons. The lowest BCUT2D eigenvalue weighted by atomic mass is 10.2. The lowest BCUT2D eigenvalue weighted by molar-refractivity contribution is -0.118. The molecule has 31 heavy (non-hydrogen) atoms. The molecule has 0 fully saturated rings. The van der Waals surface area contributed by atoms with Crippen molar-refractivity contribution in [3.8, 4) is 11.4 Å². The Hall–Kier alpha value is -2.40. The molecule has 0 aliphatic heterocycles. The smallest absolute Gasteiger partial charge is 0.216 e. The standard InChI is InChI=1S/C22H23IN4O3S/c1-15(28)24-13-5-8-21-25-26-22(27(21)18-6-3-4-7-20(18)30-2)31-14-19(29)16-9-11-17(23)12-10-16/h3-4,6-7,9-12H,5,8,13-14H2,1-2H3,(H,24,28). The van der Waals surface area contributed by atoms with Crippen molar-refractivity contribution < 1.29 is 14.3 Å². The molecular weight excluding hydrogens is 527 g/mol. The van der Waals surface area contributed by atoms with Crippen LogP contribution in [0.1, 0.15) is 29.5 Å². The van der Waals surface area contributed by atoms with Gasteiger partial charge in [-0.25, -0.2) is 0 Å². The molecule has 0 unspecified atom stereocenters. The number of para-hydroxylation sites is 2. The Morgan fingerprint density at radius 2 is 1.87 bits per heavy atom. The molecule has 0 bridgehead atoms. The summed E-state index contributed by atoms with van der Waals surface area (Å²) in [4.78, 5) is 23.8. The average Bonchev–Trinajstić information content (AvgIpc) is 3.17. The van der Waals surface area contributed by atoms with Gasteiger partial charge in [0.2, 0.25) is 5.91 Å². The van der Waals surface area contributed by atoms with Crippen molar-refractivity contribution >= 4 is 46.0 Å². The summed E-state index contributed by atoms with van der Waals surface area (Å²) in [6.07, 6.45) is 1.34. The third-order valence-corrected chi connectivity index (χ3v) is 6.12. The van der Waals surface area contributed by atoms with Crippen LogP contribution in [0.3, 0.4) is 0 Å². The molecule has 2 aromatic carbocycles. The van der Waals surface area contributed by atoms with Crippen LogP contribution in [0.5, 0.6) is 5.75 Å². The number of rotatable bonds is 10. The predicted molar refractivity (Wildman–Crippen MR) is 129 cm³/mol. The van der Waals surface area contributed by atoms with Gasteiger partial charge in [-0.2, -0.15) is 0 Å². The number of amides is 1. The minimum atomic E-state index is -0.0587. The van der Waals surface area contributed by atoms with E-state index in [0.29, 0.717) is 29.4 Å². The highest BCUT2D eigenvalue weighted by atomic mass is 127. The number of ketones is 1. The van der Waals surface area contributed by atoms with E-state index in [1.54, 1.807) is 7.11 Å². The summed E-state index contributed by atoms with van der Waals surface area (Å²) in [5.41, 5.74) is 1.49. The van der Waals surface area contributed by atoms with E-state index in [1.165, 1.54) is 18.7 Å². The largest absolute Gasteiger partial charge is 0.495 e. The quantitative estimate of drug-likeness (QED) is 0.178. The molecule has 7 nitrogen and oxygen atoms in total. The maximum atomic E-state index is 12.6. The van der Waals surface area contributed by atoms with Crippen LogP contribution in [-0.2, 0) is 11.2 Å². The Labute approximate surface area is 199 Å². The summed E-state index contributed by atoms with van der Waals surface area (Å²) in [6, 6.07) is 15.1. The summed E-state index contributed by atoms with van der Waals surface area (Å²) >= 11 is 3.56. The lowest BCUT2D eigenvalue weighted by Gasteiger charge is -2.13. The molecule has 0 spiro atoms. The van der Waals surface area contributed by atoms with Gasteiger partial charge in [0.1, 0.15) is 11.6 Å². The van der Waals surface area contributed by atoms with Crippen molar-refractivity contribution in [2.24, 2.45) is 0 Å². The zero-order valence-corrected chi connectivity index (χ0v) is 20.3. The summed E-state index contributed by atoms with van der Waals surface area (Å²) in [5, 5.41) is 12.1. The molecular formula is C22H23IN4O3S. The molecule has 0 atom stereocenters. The van der Waals surface area contributed by atoms with Crippen LogP contribution in [0.4, 0.5) is 0 Å². The van der Waals surface area contributed by atoms with Crippen molar-refractivity contribution in [3.05, 3.63) is 63.5 Å². The Morgan fingerprint density at radius 1 is 1.13 bits per heavy atom. The fourth-order valence-electron chi connectivity index (χ4n) is 2.97. The molecule has 162 valence electrons. The van der Waals surface area contributed by atoms with Gasteiger partial charge in [0.15, 0.2) is 10.9 Å². The van der Waals surface area contributed by atoms with Crippen molar-refractivity contribution in [2.75, 3.05) is 19.4 Å². The molecule has 1 aromatic heterocycles. The first kappa shape index (κ1) is 23.3. The predicted octanol–water partition coefficient (Wildman–Crippen LogP) is 3.92. The molecule has 3 rings (SSSR count). The number of hydrogen-bond donors (Lipinski definition) is 1. The van der Waals surface area contributed by atoms with Crippen LogP contribution in [0, 0.1) is 3.57 Å². The third kappa shape index (κ3) is 6.30. The van der Waals surface area contributed by atoms with Crippen molar-refractivity contribution in [1.29, 1.82) is 0 Å². The maximum absolute atomic E-state index is 12.6. The van der Waals surface area contributed by atoms with Crippen LogP contribution in [0.25, 0.3) is 5.69 Å². The number of ether oxygens (including phenoxy) is 1. The van der Waals surface area contributed by atoms with Gasteiger partial charge in [-0.15, -0.1) is 10.2 Å². The number of carbonyl (C=O) groups is 2. The van der Waals surface area contributed by atoms with E-state index in [9.17, 15) is 9.59 Å². The summed E-state index contributed by atoms with van der Waals surface area (Å²) < 4.78 is 8.55. The second kappa shape index (κ2) is 11.3. The van der Waals surface area contributed by atoms with Crippen molar-refractivity contribution in [2.45, 2.75) is 24.9 Å². The van der Waals surface area contributed by atoms with Gasteiger partial charge in [0.05, 0.1) is 18.6 Å². The number of Topliss-reactive ketones (excluding diaryl/α,β-unsaturated/α-hetero) is 1. The fraction of sp³-hybridized carbons (Fsp3) is 0.273. The van der Waals surface area contributed by atoms with E-state index in [1.807, 2.05) is 53.1 Å². The van der Waals surface area contributed by atoms with Crippen LogP contribution < -0.4 is 10.1 Å². The third-order valence-electron chi connectivity index (χ3n) is 4.48. The second-order valence-corrected chi connectivity index (χ2v) is 8.90. The van der Waals surface area contributed by atoms with Crippen molar-refractivity contribution in [3.63, 3.8) is 0 Å². The number of methoxy groups -OCH3 is 1. The van der Waals surface area contributed by atoms with E-state index < -0.39 is 0 Å². The number of aromatic nitrogens is 3. The van der Waals surface area contributed by atoms with Gasteiger partial charge in [0.25, 0.3) is 0 Å². The molecule has 9 heteroatoms. The van der Waals surface area contributed by atoms with Crippen LogP contribution >= 0.6 is 34.4 Å². The zero-order valence-electron chi connectivity index (χ0n) is 17.3. The van der Waals surface area contributed by atoms with E-state index in [2.05, 4.69) is 38.1 Å². The maximum Gasteiger partial charge on any atom is 0.216 e. The molecule has 1 N–H and O–H groups in total. The summed E-state index contributed by atoms with van der Waals surface area (Å²) in [5.74, 6) is 1.66. The number of hydrogen-bond acceptors (Lipinski definition) is 6. The van der Waals surface area contributed by atoms with Crippen LogP contribution in [-0.4, -0.2) is 45.9 Å². The highest BCUT2D eigenvalue weighted by Gasteiger charge is 2.18. The number of carbonyl (C=O) groups excluding carboxylic acids is 2. The Kier molecular flexibility index (Phi) is 8.47. The molecule has 1 heterocycles. The molecule has 1 amide bonds. The van der Waals surface area contributed by atoms with Gasteiger partial charge in [-0.05, 0) is 53.3 Å². The zero-order chi connectivity index (χ0) is 22.2. The summed E-state index contributed by atoms with van der Waals surface area (Å²) in [6.45, 7) is 2.05. The highest BCUT2D eigenvalue weighted by Crippen LogP contribution is 2.29.